The zero-order valence-corrected chi connectivity index (χ0v) is 13.2. The number of carbonyl (C=O) groups excluding carboxylic acids is 1. The molecule has 0 unspecified atom stereocenters. The standard InChI is InChI=1S/C16H22N4O2/c1-16(2,3)22-15(21)20(14-7-5-4-6-8-14)10-9-19-12-13(17)11-18-19/h4-8,11-12H,9-10,17H2,1-3H3. The summed E-state index contributed by atoms with van der Waals surface area (Å²) in [6.45, 7) is 6.53. The van der Waals surface area contributed by atoms with Crippen LogP contribution in [0.25, 0.3) is 0 Å². The molecule has 1 aromatic heterocycles. The van der Waals surface area contributed by atoms with Gasteiger partial charge in [-0.25, -0.2) is 4.79 Å². The van der Waals surface area contributed by atoms with Gasteiger partial charge in [0.1, 0.15) is 5.60 Å². The Hall–Kier alpha value is -2.50. The highest BCUT2D eigenvalue weighted by Gasteiger charge is 2.23. The van der Waals surface area contributed by atoms with Gasteiger partial charge in [0, 0.05) is 18.4 Å². The number of ether oxygens (including phenoxy) is 1. The van der Waals surface area contributed by atoms with E-state index in [4.69, 9.17) is 10.5 Å². The molecule has 1 aromatic carbocycles. The summed E-state index contributed by atoms with van der Waals surface area (Å²) in [5.74, 6) is 0. The molecule has 0 saturated heterocycles. The monoisotopic (exact) mass is 302 g/mol. The van der Waals surface area contributed by atoms with Gasteiger partial charge in [0.05, 0.1) is 18.4 Å². The highest BCUT2D eigenvalue weighted by atomic mass is 16.6. The topological polar surface area (TPSA) is 73.4 Å². The minimum Gasteiger partial charge on any atom is -0.443 e. The lowest BCUT2D eigenvalue weighted by atomic mass is 10.2. The molecule has 1 heterocycles. The van der Waals surface area contributed by atoms with Crippen LogP contribution in [0.1, 0.15) is 20.8 Å². The number of nitrogens with zero attached hydrogens (tertiary/aromatic N) is 3. The number of nitrogens with two attached hydrogens (primary N) is 1. The molecule has 0 aliphatic carbocycles. The molecule has 0 spiro atoms. The summed E-state index contributed by atoms with van der Waals surface area (Å²) in [4.78, 5) is 14.0. The van der Waals surface area contributed by atoms with Crippen LogP contribution in [0.5, 0.6) is 0 Å². The lowest BCUT2D eigenvalue weighted by molar-refractivity contribution is 0.0579. The van der Waals surface area contributed by atoms with Crippen molar-refractivity contribution in [3.05, 3.63) is 42.7 Å². The molecular weight excluding hydrogens is 280 g/mol. The molecule has 1 amide bonds. The van der Waals surface area contributed by atoms with Crippen LogP contribution in [0.15, 0.2) is 42.7 Å². The Kier molecular flexibility index (Phi) is 4.70. The van der Waals surface area contributed by atoms with Crippen molar-refractivity contribution in [1.82, 2.24) is 9.78 Å². The van der Waals surface area contributed by atoms with E-state index in [1.165, 1.54) is 0 Å². The lowest BCUT2D eigenvalue weighted by Gasteiger charge is -2.27. The first-order valence-corrected chi connectivity index (χ1v) is 7.19. The Morgan fingerprint density at radius 3 is 2.55 bits per heavy atom. The Morgan fingerprint density at radius 2 is 2.00 bits per heavy atom. The smallest absolute Gasteiger partial charge is 0.414 e. The second-order valence-electron chi connectivity index (χ2n) is 6.00. The van der Waals surface area contributed by atoms with Crippen molar-refractivity contribution in [1.29, 1.82) is 0 Å². The van der Waals surface area contributed by atoms with E-state index in [0.717, 1.165) is 5.69 Å². The van der Waals surface area contributed by atoms with Crippen molar-refractivity contribution in [2.75, 3.05) is 17.2 Å². The Balaban J connectivity index is 2.13. The van der Waals surface area contributed by atoms with Gasteiger partial charge >= 0.3 is 6.09 Å². The van der Waals surface area contributed by atoms with Crippen LogP contribution < -0.4 is 10.6 Å². The minimum atomic E-state index is -0.541. The van der Waals surface area contributed by atoms with Crippen LogP contribution in [0.4, 0.5) is 16.2 Å². The van der Waals surface area contributed by atoms with Gasteiger partial charge in [-0.1, -0.05) is 18.2 Å². The Morgan fingerprint density at radius 1 is 1.32 bits per heavy atom. The molecular formula is C16H22N4O2. The Bertz CT molecular complexity index is 617. The predicted molar refractivity (Wildman–Crippen MR) is 86.7 cm³/mol. The number of hydrogen-bond acceptors (Lipinski definition) is 4. The van der Waals surface area contributed by atoms with Gasteiger partial charge in [-0.15, -0.1) is 0 Å². The number of hydrogen-bond donors (Lipinski definition) is 1. The number of para-hydroxylation sites is 1. The highest BCUT2D eigenvalue weighted by Crippen LogP contribution is 2.18. The summed E-state index contributed by atoms with van der Waals surface area (Å²) in [5, 5.41) is 4.13. The second-order valence-corrected chi connectivity index (χ2v) is 6.00. The van der Waals surface area contributed by atoms with Crippen molar-refractivity contribution < 1.29 is 9.53 Å². The fourth-order valence-corrected chi connectivity index (χ4v) is 1.96. The van der Waals surface area contributed by atoms with Crippen LogP contribution in [-0.4, -0.2) is 28.0 Å². The minimum absolute atomic E-state index is 0.376. The van der Waals surface area contributed by atoms with Gasteiger partial charge in [0.25, 0.3) is 0 Å². The maximum absolute atomic E-state index is 12.4. The van der Waals surface area contributed by atoms with Crippen LogP contribution in [0, 0.1) is 0 Å². The number of nitrogen functional groups attached to an aromatic ring is 1. The fraction of sp³-hybridized carbons (Fsp3) is 0.375. The third-order valence-electron chi connectivity index (χ3n) is 2.89. The molecule has 0 saturated carbocycles. The van der Waals surface area contributed by atoms with Gasteiger partial charge in [0.2, 0.25) is 0 Å². The first-order chi connectivity index (χ1) is 10.3. The van der Waals surface area contributed by atoms with Gasteiger partial charge in [-0.2, -0.15) is 5.10 Å². The van der Waals surface area contributed by atoms with E-state index in [1.54, 1.807) is 22.0 Å². The molecule has 0 radical (unpaired) electrons. The number of carbonyl (C=O) groups is 1. The molecule has 0 aliphatic rings. The summed E-state index contributed by atoms with van der Waals surface area (Å²) in [6, 6.07) is 9.44. The molecule has 0 bridgehead atoms. The third kappa shape index (κ3) is 4.51. The molecule has 118 valence electrons. The molecule has 2 aromatic rings. The maximum atomic E-state index is 12.4. The SMILES string of the molecule is CC(C)(C)OC(=O)N(CCn1cc(N)cn1)c1ccccc1. The van der Waals surface area contributed by atoms with Crippen LogP contribution >= 0.6 is 0 Å². The summed E-state index contributed by atoms with van der Waals surface area (Å²) >= 11 is 0. The van der Waals surface area contributed by atoms with Gasteiger partial charge in [-0.05, 0) is 32.9 Å². The van der Waals surface area contributed by atoms with Crippen LogP contribution in [0.3, 0.4) is 0 Å². The highest BCUT2D eigenvalue weighted by molar-refractivity contribution is 5.87. The quantitative estimate of drug-likeness (QED) is 0.942. The molecule has 0 aliphatic heterocycles. The first-order valence-electron chi connectivity index (χ1n) is 7.19. The van der Waals surface area contributed by atoms with E-state index in [-0.39, 0.29) is 6.09 Å². The summed E-state index contributed by atoms with van der Waals surface area (Å²) in [6.07, 6.45) is 2.94. The molecule has 0 fully saturated rings. The van der Waals surface area contributed by atoms with Gasteiger partial charge in [0.15, 0.2) is 0 Å². The molecule has 2 rings (SSSR count). The number of aromatic nitrogens is 2. The normalized spacial score (nSPS) is 11.2. The van der Waals surface area contributed by atoms with E-state index < -0.39 is 5.60 Å². The van der Waals surface area contributed by atoms with Gasteiger partial charge in [-0.3, -0.25) is 9.58 Å². The summed E-state index contributed by atoms with van der Waals surface area (Å²) in [7, 11) is 0. The fourth-order valence-electron chi connectivity index (χ4n) is 1.96. The van der Waals surface area contributed by atoms with Crippen molar-refractivity contribution in [3.63, 3.8) is 0 Å². The maximum Gasteiger partial charge on any atom is 0.414 e. The molecule has 6 heteroatoms. The average molecular weight is 302 g/mol. The lowest BCUT2D eigenvalue weighted by Crippen LogP contribution is -2.38. The van der Waals surface area contributed by atoms with Gasteiger partial charge < -0.3 is 10.5 Å². The van der Waals surface area contributed by atoms with E-state index in [2.05, 4.69) is 5.10 Å². The largest absolute Gasteiger partial charge is 0.443 e. The zero-order valence-electron chi connectivity index (χ0n) is 13.2. The van der Waals surface area contributed by atoms with Crippen LogP contribution in [0.2, 0.25) is 0 Å². The van der Waals surface area contributed by atoms with E-state index >= 15 is 0 Å². The predicted octanol–water partition coefficient (Wildman–Crippen LogP) is 2.91. The molecule has 22 heavy (non-hydrogen) atoms. The number of amides is 1. The molecule has 2 N–H and O–H groups in total. The third-order valence-corrected chi connectivity index (χ3v) is 2.89. The van der Waals surface area contributed by atoms with E-state index in [9.17, 15) is 4.79 Å². The molecule has 0 atom stereocenters. The second kappa shape index (κ2) is 6.51. The number of benzene rings is 1. The van der Waals surface area contributed by atoms with Crippen molar-refractivity contribution in [2.45, 2.75) is 32.9 Å². The van der Waals surface area contributed by atoms with E-state index in [0.29, 0.717) is 18.8 Å². The summed E-state index contributed by atoms with van der Waals surface area (Å²) in [5.41, 5.74) is 6.50. The van der Waals surface area contributed by atoms with Crippen LogP contribution in [-0.2, 0) is 11.3 Å². The van der Waals surface area contributed by atoms with Crippen molar-refractivity contribution >= 4 is 17.5 Å². The first kappa shape index (κ1) is 15.9. The number of anilines is 2. The van der Waals surface area contributed by atoms with Crippen molar-refractivity contribution in [3.8, 4) is 0 Å². The zero-order chi connectivity index (χ0) is 16.2. The summed E-state index contributed by atoms with van der Waals surface area (Å²) < 4.78 is 7.18. The number of rotatable bonds is 4. The average Bonchev–Trinajstić information content (AvgIpc) is 2.84. The Labute approximate surface area is 130 Å². The van der Waals surface area contributed by atoms with Crippen molar-refractivity contribution in [2.24, 2.45) is 0 Å². The molecule has 6 nitrogen and oxygen atoms in total. The van der Waals surface area contributed by atoms with E-state index in [1.807, 2.05) is 51.1 Å².